The van der Waals surface area contributed by atoms with Gasteiger partial charge < -0.3 is 42.6 Å². The molecule has 92 heavy (non-hydrogen) atoms. The second-order valence-electron chi connectivity index (χ2n) is 26.0. The van der Waals surface area contributed by atoms with E-state index in [1.165, 1.54) is 38.9 Å². The van der Waals surface area contributed by atoms with Crippen LogP contribution in [0.1, 0.15) is 98.6 Å². The molecule has 2 fully saturated rings. The van der Waals surface area contributed by atoms with E-state index in [1.54, 1.807) is 0 Å². The summed E-state index contributed by atoms with van der Waals surface area (Å²) in [6, 6.07) is 80.6. The number of fused-ring (bicyclic) bond motifs is 16. The van der Waals surface area contributed by atoms with Crippen LogP contribution in [-0.4, -0.2) is 66.1 Å². The molecule has 0 unspecified atom stereocenters. The minimum absolute atomic E-state index is 0.227. The fourth-order valence-corrected chi connectivity index (χ4v) is 14.8. The number of anilines is 6. The minimum atomic E-state index is -0.765. The predicted octanol–water partition coefficient (Wildman–Crippen LogP) is 20.3. The zero-order chi connectivity index (χ0) is 61.9. The fraction of sp³-hybridized carbons (Fsp3) is 0.301. The molecule has 0 amide bonds. The van der Waals surface area contributed by atoms with Gasteiger partial charge in [-0.2, -0.15) is 0 Å². The molecule has 0 bridgehead atoms. The standard InChI is InChI=1S/C83H82N2O7/c1-3-81(55-90-56-81)53-88-47-23-7-21-45-86-51-59-37-41-63(42-38-59)84(61-25-9-5-10-26-61)74-49-72-77(68-32-14-13-31-67(68)74)79-73(83(72)70-34-18-15-29-65(70)66-30-16-19-35-71(66)83)50-75(78-69-33-17-20-36-76(69)92-80(78)79)85(62-27-11-6-12-28-62)64-43-39-60(40-44-64)52-87-46-22-8-24-48-89-54-82(4-2)57-91-58-82/h5-6,9-20,25-44,49-50H,3-4,7-8,21-24,45-48,51-58H2,1-2H3. The second-order valence-corrected chi connectivity index (χ2v) is 26.0. The highest BCUT2D eigenvalue weighted by atomic mass is 16.5. The van der Waals surface area contributed by atoms with Crippen LogP contribution in [0.25, 0.3) is 55.0 Å². The van der Waals surface area contributed by atoms with Crippen molar-refractivity contribution in [3.05, 3.63) is 252 Å². The zero-order valence-corrected chi connectivity index (χ0v) is 53.2. The van der Waals surface area contributed by atoms with Crippen molar-refractivity contribution in [2.45, 2.75) is 83.8 Å². The normalized spacial score (nSPS) is 15.3. The van der Waals surface area contributed by atoms with Gasteiger partial charge in [-0.05, 0) is 174 Å². The van der Waals surface area contributed by atoms with Crippen molar-refractivity contribution in [1.82, 2.24) is 0 Å². The van der Waals surface area contributed by atoms with Gasteiger partial charge >= 0.3 is 0 Å². The lowest BCUT2D eigenvalue weighted by Crippen LogP contribution is -2.45. The van der Waals surface area contributed by atoms with Crippen molar-refractivity contribution in [2.75, 3.05) is 75.9 Å². The maximum Gasteiger partial charge on any atom is 0.145 e. The summed E-state index contributed by atoms with van der Waals surface area (Å²) in [5, 5.41) is 4.44. The molecule has 466 valence electrons. The van der Waals surface area contributed by atoms with Crippen LogP contribution in [0.5, 0.6) is 0 Å². The minimum Gasteiger partial charge on any atom is -0.455 e. The quantitative estimate of drug-likeness (QED) is 0.0446. The van der Waals surface area contributed by atoms with Crippen molar-refractivity contribution >= 4 is 66.8 Å². The highest BCUT2D eigenvalue weighted by molar-refractivity contribution is 6.23. The number of para-hydroxylation sites is 3. The van der Waals surface area contributed by atoms with Crippen LogP contribution in [-0.2, 0) is 47.0 Å². The number of nitrogens with zero attached hydrogens (tertiary/aromatic N) is 2. The van der Waals surface area contributed by atoms with Gasteiger partial charge in [0.15, 0.2) is 0 Å². The van der Waals surface area contributed by atoms with Crippen LogP contribution in [0, 0.1) is 10.8 Å². The van der Waals surface area contributed by atoms with E-state index in [2.05, 4.69) is 242 Å². The lowest BCUT2D eigenvalue weighted by atomic mass is 9.70. The van der Waals surface area contributed by atoms with Crippen LogP contribution in [0.3, 0.4) is 0 Å². The van der Waals surface area contributed by atoms with Gasteiger partial charge in [0, 0.05) is 76.3 Å². The van der Waals surface area contributed by atoms with Crippen LogP contribution < -0.4 is 9.80 Å². The Labute approximate surface area is 541 Å². The van der Waals surface area contributed by atoms with Crippen LogP contribution in [0.4, 0.5) is 34.1 Å². The summed E-state index contributed by atoms with van der Waals surface area (Å²) in [5.41, 5.74) is 19.8. The van der Waals surface area contributed by atoms with E-state index < -0.39 is 5.41 Å². The monoisotopic (exact) mass is 1220 g/mol. The summed E-state index contributed by atoms with van der Waals surface area (Å²) in [4.78, 5) is 4.90. The predicted molar refractivity (Wildman–Crippen MR) is 373 cm³/mol. The lowest BCUT2D eigenvalue weighted by molar-refractivity contribution is -0.150. The third-order valence-electron chi connectivity index (χ3n) is 20.2. The van der Waals surface area contributed by atoms with Crippen molar-refractivity contribution in [3.8, 4) is 22.3 Å². The van der Waals surface area contributed by atoms with E-state index in [9.17, 15) is 0 Å². The summed E-state index contributed by atoms with van der Waals surface area (Å²) in [5.74, 6) is 0. The summed E-state index contributed by atoms with van der Waals surface area (Å²) in [6.07, 6.45) is 8.44. The van der Waals surface area contributed by atoms with Crippen molar-refractivity contribution in [1.29, 1.82) is 0 Å². The highest BCUT2D eigenvalue weighted by Crippen LogP contribution is 2.67. The molecule has 9 heteroatoms. The molecule has 3 heterocycles. The van der Waals surface area contributed by atoms with Crippen molar-refractivity contribution in [2.24, 2.45) is 10.8 Å². The topological polar surface area (TPSA) is 75.0 Å². The molecule has 2 saturated heterocycles. The molecule has 1 aromatic heterocycles. The number of furan rings is 1. The Morgan fingerprint density at radius 1 is 0.380 bits per heavy atom. The summed E-state index contributed by atoms with van der Waals surface area (Å²) < 4.78 is 43.3. The average molecular weight is 1220 g/mol. The first-order valence-electron chi connectivity index (χ1n) is 33.6. The third-order valence-corrected chi connectivity index (χ3v) is 20.2. The molecule has 0 N–H and O–H groups in total. The Morgan fingerprint density at radius 3 is 1.32 bits per heavy atom. The number of ether oxygens (including phenoxy) is 6. The number of rotatable bonds is 28. The largest absolute Gasteiger partial charge is 0.455 e. The smallest absolute Gasteiger partial charge is 0.145 e. The van der Waals surface area contributed by atoms with Gasteiger partial charge in [0.25, 0.3) is 0 Å². The number of hydrogen-bond donors (Lipinski definition) is 0. The van der Waals surface area contributed by atoms with E-state index in [-0.39, 0.29) is 10.8 Å². The van der Waals surface area contributed by atoms with Gasteiger partial charge in [-0.3, -0.25) is 0 Å². The number of hydrogen-bond acceptors (Lipinski definition) is 9. The van der Waals surface area contributed by atoms with E-state index in [4.69, 9.17) is 32.8 Å². The first-order valence-corrected chi connectivity index (χ1v) is 33.6. The van der Waals surface area contributed by atoms with E-state index in [0.717, 1.165) is 188 Å². The van der Waals surface area contributed by atoms with Gasteiger partial charge in [0.05, 0.1) is 75.0 Å². The Kier molecular flexibility index (Phi) is 17.1. The van der Waals surface area contributed by atoms with Gasteiger partial charge in [0.2, 0.25) is 0 Å². The summed E-state index contributed by atoms with van der Waals surface area (Å²) in [7, 11) is 0. The SMILES string of the molecule is CCC1(COCCCCCOCc2ccc(N(c3ccccc3)c3cc4c(c5ccccc35)-c3c(cc(N(c5ccccc5)c5ccc(COCCCCCOCC6(CC)COC6)cc5)c5c3oc3ccccc35)C43c4ccccc4-c4ccccc43)cc2)COC1. The molecular weight excluding hydrogens is 1140 g/mol. The molecular formula is C83H82N2O7. The maximum atomic E-state index is 7.50. The molecule has 2 aliphatic heterocycles. The summed E-state index contributed by atoms with van der Waals surface area (Å²) in [6.45, 7) is 13.4. The maximum absolute atomic E-state index is 7.50. The van der Waals surface area contributed by atoms with Gasteiger partial charge in [-0.15, -0.1) is 0 Å². The number of unbranched alkanes of at least 4 members (excludes halogenated alkanes) is 4. The molecule has 10 aromatic carbocycles. The van der Waals surface area contributed by atoms with Crippen LogP contribution >= 0.6 is 0 Å². The Balaban J connectivity index is 0.806. The van der Waals surface area contributed by atoms with Gasteiger partial charge in [-0.25, -0.2) is 0 Å². The molecule has 15 rings (SSSR count). The first-order chi connectivity index (χ1) is 45.5. The fourth-order valence-electron chi connectivity index (χ4n) is 14.8. The zero-order valence-electron chi connectivity index (χ0n) is 53.2. The Morgan fingerprint density at radius 2 is 0.804 bits per heavy atom. The van der Waals surface area contributed by atoms with Crippen LogP contribution in [0.15, 0.2) is 223 Å². The molecule has 0 radical (unpaired) electrons. The second kappa shape index (κ2) is 26.3. The van der Waals surface area contributed by atoms with Gasteiger partial charge in [0.1, 0.15) is 11.2 Å². The molecule has 1 spiro atoms. The molecule has 11 aromatic rings. The Hall–Kier alpha value is -8.38. The number of benzene rings is 10. The van der Waals surface area contributed by atoms with E-state index in [1.807, 2.05) is 0 Å². The Bertz CT molecular complexity index is 4310. The molecule has 9 nitrogen and oxygen atoms in total. The van der Waals surface area contributed by atoms with Crippen molar-refractivity contribution in [3.63, 3.8) is 0 Å². The molecule has 2 aliphatic carbocycles. The molecule has 0 saturated carbocycles. The van der Waals surface area contributed by atoms with E-state index >= 15 is 0 Å². The lowest BCUT2D eigenvalue weighted by Gasteiger charge is -2.40. The highest BCUT2D eigenvalue weighted by Gasteiger charge is 2.54. The van der Waals surface area contributed by atoms with Gasteiger partial charge in [-0.1, -0.05) is 166 Å². The third kappa shape index (κ3) is 11.0. The first kappa shape index (κ1) is 59.9. The summed E-state index contributed by atoms with van der Waals surface area (Å²) >= 11 is 0. The van der Waals surface area contributed by atoms with Crippen LogP contribution in [0.2, 0.25) is 0 Å². The molecule has 0 atom stereocenters. The van der Waals surface area contributed by atoms with Crippen molar-refractivity contribution < 1.29 is 32.8 Å². The van der Waals surface area contributed by atoms with E-state index in [0.29, 0.717) is 26.4 Å². The molecule has 4 aliphatic rings. The average Bonchev–Trinajstić information content (AvgIpc) is 1.49.